The lowest BCUT2D eigenvalue weighted by Crippen LogP contribution is -2.52. The second-order valence-electron chi connectivity index (χ2n) is 7.84. The van der Waals surface area contributed by atoms with E-state index in [9.17, 15) is 14.0 Å². The number of piperazine rings is 1. The Morgan fingerprint density at radius 1 is 0.833 bits per heavy atom. The van der Waals surface area contributed by atoms with Gasteiger partial charge in [0.1, 0.15) is 5.82 Å². The highest BCUT2D eigenvalue weighted by molar-refractivity contribution is 6.30. The van der Waals surface area contributed by atoms with E-state index in [2.05, 4.69) is 0 Å². The SMILES string of the molecule is O=C(c1ccc(Cl)cc1)N1CCC(C(=O)N2CCN(c3ccccc3F)CC2)CC1. The summed E-state index contributed by atoms with van der Waals surface area (Å²) in [5, 5.41) is 0.603. The van der Waals surface area contributed by atoms with Crippen LogP contribution >= 0.6 is 11.6 Å². The molecule has 0 radical (unpaired) electrons. The number of halogens is 2. The van der Waals surface area contributed by atoms with Gasteiger partial charge in [0, 0.05) is 55.8 Å². The zero-order valence-electron chi connectivity index (χ0n) is 16.8. The Labute approximate surface area is 181 Å². The van der Waals surface area contributed by atoms with Crippen LogP contribution in [0.1, 0.15) is 23.2 Å². The van der Waals surface area contributed by atoms with Crippen molar-refractivity contribution in [2.75, 3.05) is 44.2 Å². The van der Waals surface area contributed by atoms with Gasteiger partial charge in [0.2, 0.25) is 5.91 Å². The second-order valence-corrected chi connectivity index (χ2v) is 8.27. The predicted octanol–water partition coefficient (Wildman–Crippen LogP) is 3.68. The molecule has 2 fully saturated rings. The maximum absolute atomic E-state index is 14.0. The Kier molecular flexibility index (Phi) is 6.23. The molecule has 2 aliphatic heterocycles. The molecule has 0 bridgehead atoms. The highest BCUT2D eigenvalue weighted by Gasteiger charge is 2.32. The average molecular weight is 430 g/mol. The van der Waals surface area contributed by atoms with Crippen LogP contribution in [0.25, 0.3) is 0 Å². The maximum Gasteiger partial charge on any atom is 0.253 e. The third kappa shape index (κ3) is 4.43. The first-order valence-corrected chi connectivity index (χ1v) is 10.7. The molecule has 2 heterocycles. The van der Waals surface area contributed by atoms with E-state index in [4.69, 9.17) is 11.6 Å². The number of benzene rings is 2. The predicted molar refractivity (Wildman–Crippen MR) is 115 cm³/mol. The fourth-order valence-electron chi connectivity index (χ4n) is 4.24. The van der Waals surface area contributed by atoms with Crippen LogP contribution in [0.5, 0.6) is 0 Å². The molecule has 7 heteroatoms. The van der Waals surface area contributed by atoms with E-state index in [1.807, 2.05) is 20.8 Å². The number of carbonyl (C=O) groups is 2. The molecule has 0 atom stereocenters. The van der Waals surface area contributed by atoms with E-state index < -0.39 is 0 Å². The highest BCUT2D eigenvalue weighted by atomic mass is 35.5. The quantitative estimate of drug-likeness (QED) is 0.747. The summed E-state index contributed by atoms with van der Waals surface area (Å²) >= 11 is 5.89. The van der Waals surface area contributed by atoms with Gasteiger partial charge >= 0.3 is 0 Å². The van der Waals surface area contributed by atoms with Crippen molar-refractivity contribution >= 4 is 29.1 Å². The summed E-state index contributed by atoms with van der Waals surface area (Å²) in [6.45, 7) is 3.59. The van der Waals surface area contributed by atoms with Crippen molar-refractivity contribution in [3.8, 4) is 0 Å². The minimum absolute atomic E-state index is 0.0175. The molecule has 0 spiro atoms. The molecule has 0 aliphatic carbocycles. The van der Waals surface area contributed by atoms with Crippen molar-refractivity contribution in [3.05, 3.63) is 64.9 Å². The van der Waals surface area contributed by atoms with Crippen LogP contribution in [0.15, 0.2) is 48.5 Å². The molecule has 2 saturated heterocycles. The number of nitrogens with zero attached hydrogens (tertiary/aromatic N) is 3. The van der Waals surface area contributed by atoms with Gasteiger partial charge in [-0.3, -0.25) is 9.59 Å². The fraction of sp³-hybridized carbons (Fsp3) is 0.391. The van der Waals surface area contributed by atoms with Crippen molar-refractivity contribution in [2.24, 2.45) is 5.92 Å². The summed E-state index contributed by atoms with van der Waals surface area (Å²) in [5.41, 5.74) is 1.21. The Balaban J connectivity index is 1.28. The Hall–Kier alpha value is -2.60. The standard InChI is InChI=1S/C23H25ClFN3O2/c24-19-7-5-17(6-8-19)22(29)27-11-9-18(10-12-27)23(30)28-15-13-26(14-16-28)21-4-2-1-3-20(21)25/h1-8,18H,9-16H2. The Bertz CT molecular complexity index is 905. The number of rotatable bonds is 3. The molecule has 30 heavy (non-hydrogen) atoms. The molecule has 0 N–H and O–H groups in total. The Morgan fingerprint density at radius 3 is 2.10 bits per heavy atom. The van der Waals surface area contributed by atoms with Gasteiger partial charge in [-0.2, -0.15) is 0 Å². The third-order valence-electron chi connectivity index (χ3n) is 6.01. The summed E-state index contributed by atoms with van der Waals surface area (Å²) in [6.07, 6.45) is 1.34. The van der Waals surface area contributed by atoms with E-state index in [1.165, 1.54) is 6.07 Å². The lowest BCUT2D eigenvalue weighted by atomic mass is 9.94. The molecule has 2 aromatic carbocycles. The monoisotopic (exact) mass is 429 g/mol. The van der Waals surface area contributed by atoms with Gasteiger partial charge in [-0.05, 0) is 49.2 Å². The highest BCUT2D eigenvalue weighted by Crippen LogP contribution is 2.24. The van der Waals surface area contributed by atoms with Gasteiger partial charge in [-0.25, -0.2) is 4.39 Å². The number of likely N-dealkylation sites (tertiary alicyclic amines) is 1. The molecule has 2 aliphatic rings. The topological polar surface area (TPSA) is 43.9 Å². The van der Waals surface area contributed by atoms with Crippen LogP contribution in [0.4, 0.5) is 10.1 Å². The van der Waals surface area contributed by atoms with Crippen molar-refractivity contribution in [3.63, 3.8) is 0 Å². The summed E-state index contributed by atoms with van der Waals surface area (Å²) in [7, 11) is 0. The second kappa shape index (κ2) is 9.04. The summed E-state index contributed by atoms with van der Waals surface area (Å²) in [5.74, 6) is -0.146. The first-order chi connectivity index (χ1) is 14.5. The lowest BCUT2D eigenvalue weighted by Gasteiger charge is -2.39. The molecular formula is C23H25ClFN3O2. The molecule has 2 aromatic rings. The smallest absolute Gasteiger partial charge is 0.253 e. The van der Waals surface area contributed by atoms with Crippen molar-refractivity contribution in [1.29, 1.82) is 0 Å². The molecule has 0 aromatic heterocycles. The Morgan fingerprint density at radius 2 is 1.47 bits per heavy atom. The van der Waals surface area contributed by atoms with Crippen LogP contribution < -0.4 is 4.90 Å². The largest absolute Gasteiger partial charge is 0.366 e. The minimum atomic E-state index is -0.227. The van der Waals surface area contributed by atoms with Crippen LogP contribution in [0.3, 0.4) is 0 Å². The first kappa shape index (κ1) is 20.7. The first-order valence-electron chi connectivity index (χ1n) is 10.4. The molecular weight excluding hydrogens is 405 g/mol. The fourth-order valence-corrected chi connectivity index (χ4v) is 4.36. The molecule has 0 saturated carbocycles. The van der Waals surface area contributed by atoms with Crippen LogP contribution in [0, 0.1) is 11.7 Å². The van der Waals surface area contributed by atoms with E-state index in [0.717, 1.165) is 0 Å². The molecule has 5 nitrogen and oxygen atoms in total. The van der Waals surface area contributed by atoms with Crippen molar-refractivity contribution < 1.29 is 14.0 Å². The van der Waals surface area contributed by atoms with Gasteiger partial charge in [-0.15, -0.1) is 0 Å². The number of carbonyl (C=O) groups excluding carboxylic acids is 2. The normalized spacial score (nSPS) is 17.9. The van der Waals surface area contributed by atoms with Crippen LogP contribution in [-0.2, 0) is 4.79 Å². The summed E-state index contributed by atoms with van der Waals surface area (Å²) in [6, 6.07) is 13.6. The number of piperidine rings is 1. The number of para-hydroxylation sites is 1. The zero-order chi connectivity index (χ0) is 21.1. The number of amides is 2. The van der Waals surface area contributed by atoms with E-state index in [1.54, 1.807) is 36.4 Å². The number of hydrogen-bond acceptors (Lipinski definition) is 3. The van der Waals surface area contributed by atoms with Crippen molar-refractivity contribution in [2.45, 2.75) is 12.8 Å². The summed E-state index contributed by atoms with van der Waals surface area (Å²) < 4.78 is 14.0. The average Bonchev–Trinajstić information content (AvgIpc) is 2.79. The summed E-state index contributed by atoms with van der Waals surface area (Å²) in [4.78, 5) is 31.3. The zero-order valence-corrected chi connectivity index (χ0v) is 17.5. The van der Waals surface area contributed by atoms with Gasteiger partial charge in [-0.1, -0.05) is 23.7 Å². The van der Waals surface area contributed by atoms with E-state index in [0.29, 0.717) is 68.4 Å². The van der Waals surface area contributed by atoms with Crippen LogP contribution in [0.2, 0.25) is 5.02 Å². The van der Waals surface area contributed by atoms with E-state index >= 15 is 0 Å². The number of anilines is 1. The van der Waals surface area contributed by atoms with E-state index in [-0.39, 0.29) is 23.5 Å². The molecule has 0 unspecified atom stereocenters. The minimum Gasteiger partial charge on any atom is -0.366 e. The van der Waals surface area contributed by atoms with Crippen molar-refractivity contribution in [1.82, 2.24) is 9.80 Å². The molecule has 2 amide bonds. The van der Waals surface area contributed by atoms with Gasteiger partial charge in [0.15, 0.2) is 0 Å². The maximum atomic E-state index is 14.0. The van der Waals surface area contributed by atoms with Gasteiger partial charge in [0.05, 0.1) is 5.69 Å². The third-order valence-corrected chi connectivity index (χ3v) is 6.26. The lowest BCUT2D eigenvalue weighted by molar-refractivity contribution is -0.137. The number of hydrogen-bond donors (Lipinski definition) is 0. The van der Waals surface area contributed by atoms with Gasteiger partial charge in [0.25, 0.3) is 5.91 Å². The molecule has 4 rings (SSSR count). The molecule has 158 valence electrons. The van der Waals surface area contributed by atoms with Crippen LogP contribution in [-0.4, -0.2) is 60.9 Å². The van der Waals surface area contributed by atoms with Gasteiger partial charge < -0.3 is 14.7 Å².